The molecule has 0 aromatic carbocycles. The van der Waals surface area contributed by atoms with E-state index in [9.17, 15) is 0 Å². The summed E-state index contributed by atoms with van der Waals surface area (Å²) in [6.07, 6.45) is 4.13. The van der Waals surface area contributed by atoms with Gasteiger partial charge in [0, 0.05) is 24.7 Å². The Hall–Kier alpha value is -2.14. The van der Waals surface area contributed by atoms with E-state index in [0.717, 1.165) is 48.1 Å². The van der Waals surface area contributed by atoms with Gasteiger partial charge in [0.2, 0.25) is 5.88 Å². The van der Waals surface area contributed by atoms with Crippen LogP contribution >= 0.6 is 0 Å². The van der Waals surface area contributed by atoms with E-state index >= 15 is 0 Å². The molecule has 108 valence electrons. The number of fused-ring (bicyclic) bond motifs is 1. The Balaban J connectivity index is 1.92. The Morgan fingerprint density at radius 2 is 2.29 bits per heavy atom. The van der Waals surface area contributed by atoms with Crippen LogP contribution in [0.15, 0.2) is 34.9 Å². The van der Waals surface area contributed by atoms with Crippen molar-refractivity contribution < 1.29 is 4.42 Å². The van der Waals surface area contributed by atoms with E-state index in [2.05, 4.69) is 14.9 Å². The van der Waals surface area contributed by atoms with Crippen LogP contribution in [-0.4, -0.2) is 27.6 Å². The number of nitrogens with one attached hydrogen (secondary N) is 1. The van der Waals surface area contributed by atoms with Crippen molar-refractivity contribution in [3.8, 4) is 5.88 Å². The van der Waals surface area contributed by atoms with Gasteiger partial charge < -0.3 is 9.73 Å². The van der Waals surface area contributed by atoms with Crippen LogP contribution in [0.25, 0.3) is 17.0 Å². The lowest BCUT2D eigenvalue weighted by atomic mass is 9.99. The van der Waals surface area contributed by atoms with Crippen molar-refractivity contribution in [1.29, 1.82) is 0 Å². The van der Waals surface area contributed by atoms with E-state index in [4.69, 9.17) is 9.40 Å². The Labute approximate surface area is 123 Å². The molecule has 3 aromatic rings. The van der Waals surface area contributed by atoms with Gasteiger partial charge in [-0.05, 0) is 44.5 Å². The van der Waals surface area contributed by atoms with Crippen LogP contribution in [0, 0.1) is 6.92 Å². The fraction of sp³-hybridized carbons (Fsp3) is 0.375. The van der Waals surface area contributed by atoms with Gasteiger partial charge in [-0.2, -0.15) is 0 Å². The van der Waals surface area contributed by atoms with Gasteiger partial charge in [0.15, 0.2) is 5.65 Å². The summed E-state index contributed by atoms with van der Waals surface area (Å²) < 4.78 is 7.90. The number of hydrogen-bond donors (Lipinski definition) is 1. The maximum atomic E-state index is 5.83. The van der Waals surface area contributed by atoms with Crippen LogP contribution in [0.2, 0.25) is 0 Å². The van der Waals surface area contributed by atoms with Gasteiger partial charge >= 0.3 is 0 Å². The van der Waals surface area contributed by atoms with E-state index in [1.807, 2.05) is 31.2 Å². The lowest BCUT2D eigenvalue weighted by Crippen LogP contribution is -2.29. The molecule has 1 N–H and O–H groups in total. The molecule has 5 heteroatoms. The summed E-state index contributed by atoms with van der Waals surface area (Å²) >= 11 is 0. The second-order valence-corrected chi connectivity index (χ2v) is 5.58. The highest BCUT2D eigenvalue weighted by molar-refractivity contribution is 5.73. The third-order valence-corrected chi connectivity index (χ3v) is 4.05. The van der Waals surface area contributed by atoms with E-state index < -0.39 is 0 Å². The number of pyridine rings is 1. The summed E-state index contributed by atoms with van der Waals surface area (Å²) in [7, 11) is 0. The Kier molecular flexibility index (Phi) is 3.00. The molecule has 1 saturated heterocycles. The van der Waals surface area contributed by atoms with E-state index in [1.165, 1.54) is 6.42 Å². The topological polar surface area (TPSA) is 55.9 Å². The van der Waals surface area contributed by atoms with Gasteiger partial charge in [-0.25, -0.2) is 14.5 Å². The zero-order chi connectivity index (χ0) is 14.2. The van der Waals surface area contributed by atoms with E-state index in [-0.39, 0.29) is 0 Å². The number of piperidine rings is 1. The first-order valence-corrected chi connectivity index (χ1v) is 7.44. The monoisotopic (exact) mass is 282 g/mol. The van der Waals surface area contributed by atoms with E-state index in [1.54, 1.807) is 6.20 Å². The van der Waals surface area contributed by atoms with Crippen LogP contribution in [0.5, 0.6) is 0 Å². The van der Waals surface area contributed by atoms with Crippen molar-refractivity contribution in [3.63, 3.8) is 0 Å². The van der Waals surface area contributed by atoms with Crippen molar-refractivity contribution in [1.82, 2.24) is 19.9 Å². The molecule has 21 heavy (non-hydrogen) atoms. The molecule has 0 aliphatic carbocycles. The van der Waals surface area contributed by atoms with Gasteiger partial charge in [0.05, 0.1) is 0 Å². The molecule has 1 atom stereocenters. The Morgan fingerprint density at radius 1 is 1.33 bits per heavy atom. The van der Waals surface area contributed by atoms with Crippen LogP contribution < -0.4 is 5.32 Å². The second-order valence-electron chi connectivity index (χ2n) is 5.58. The smallest absolute Gasteiger partial charge is 0.206 e. The number of nitrogens with zero attached hydrogens (tertiary/aromatic N) is 3. The van der Waals surface area contributed by atoms with Crippen LogP contribution in [-0.2, 0) is 0 Å². The highest BCUT2D eigenvalue weighted by Gasteiger charge is 2.24. The molecular weight excluding hydrogens is 264 g/mol. The van der Waals surface area contributed by atoms with E-state index in [0.29, 0.717) is 5.92 Å². The molecule has 0 amide bonds. The minimum Gasteiger partial charge on any atom is -0.445 e. The molecule has 0 spiro atoms. The third kappa shape index (κ3) is 2.14. The number of aryl methyl sites for hydroxylation is 1. The number of hydrogen-bond acceptors (Lipinski definition) is 4. The van der Waals surface area contributed by atoms with Crippen molar-refractivity contribution >= 4 is 11.2 Å². The minimum absolute atomic E-state index is 0.401. The molecule has 3 aromatic heterocycles. The Morgan fingerprint density at radius 3 is 3.05 bits per heavy atom. The largest absolute Gasteiger partial charge is 0.445 e. The van der Waals surface area contributed by atoms with Gasteiger partial charge in [0.25, 0.3) is 0 Å². The molecule has 0 radical (unpaired) electrons. The highest BCUT2D eigenvalue weighted by atomic mass is 16.4. The fourth-order valence-electron chi connectivity index (χ4n) is 3.04. The van der Waals surface area contributed by atoms with Crippen molar-refractivity contribution in [2.45, 2.75) is 25.7 Å². The zero-order valence-corrected chi connectivity index (χ0v) is 12.0. The predicted octanol–water partition coefficient (Wildman–Crippen LogP) is 2.79. The van der Waals surface area contributed by atoms with Gasteiger partial charge in [0.1, 0.15) is 17.1 Å². The molecule has 5 nitrogen and oxygen atoms in total. The summed E-state index contributed by atoms with van der Waals surface area (Å²) in [5.74, 6) is 3.15. The summed E-state index contributed by atoms with van der Waals surface area (Å²) in [4.78, 5) is 9.32. The maximum absolute atomic E-state index is 5.83. The van der Waals surface area contributed by atoms with Gasteiger partial charge in [-0.3, -0.25) is 0 Å². The molecule has 1 unspecified atom stereocenters. The van der Waals surface area contributed by atoms with Crippen LogP contribution in [0.3, 0.4) is 0 Å². The number of aromatic nitrogens is 3. The van der Waals surface area contributed by atoms with Gasteiger partial charge in [-0.15, -0.1) is 0 Å². The second kappa shape index (κ2) is 5.00. The lowest BCUT2D eigenvalue weighted by Gasteiger charge is -2.22. The standard InChI is InChI=1S/C16H18N4O/c1-11-6-7-14(21-11)20-15(12-4-2-8-17-10-12)19-13-5-3-9-18-16(13)20/h3,5-7,9,12,17H,2,4,8,10H2,1H3. The molecule has 1 aliphatic rings. The average Bonchev–Trinajstić information content (AvgIpc) is 3.11. The average molecular weight is 282 g/mol. The molecule has 1 aliphatic heterocycles. The summed E-state index contributed by atoms with van der Waals surface area (Å²) in [6.45, 7) is 4.01. The van der Waals surface area contributed by atoms with Crippen LogP contribution in [0.4, 0.5) is 0 Å². The fourth-order valence-corrected chi connectivity index (χ4v) is 3.04. The van der Waals surface area contributed by atoms with Crippen molar-refractivity contribution in [3.05, 3.63) is 42.0 Å². The quantitative estimate of drug-likeness (QED) is 0.785. The van der Waals surface area contributed by atoms with Crippen molar-refractivity contribution in [2.75, 3.05) is 13.1 Å². The molecular formula is C16H18N4O. The maximum Gasteiger partial charge on any atom is 0.206 e. The molecule has 4 heterocycles. The first-order chi connectivity index (χ1) is 10.3. The predicted molar refractivity (Wildman–Crippen MR) is 80.7 cm³/mol. The van der Waals surface area contributed by atoms with Crippen molar-refractivity contribution in [2.24, 2.45) is 0 Å². The normalized spacial score (nSPS) is 19.2. The van der Waals surface area contributed by atoms with Crippen LogP contribution in [0.1, 0.15) is 30.3 Å². The molecule has 0 bridgehead atoms. The minimum atomic E-state index is 0.401. The Bertz CT molecular complexity index is 768. The molecule has 1 fully saturated rings. The first kappa shape index (κ1) is 12.6. The summed E-state index contributed by atoms with van der Waals surface area (Å²) in [5, 5.41) is 3.46. The summed E-state index contributed by atoms with van der Waals surface area (Å²) in [6, 6.07) is 7.91. The number of imidazole rings is 1. The molecule has 4 rings (SSSR count). The zero-order valence-electron chi connectivity index (χ0n) is 12.0. The number of rotatable bonds is 2. The molecule has 0 saturated carbocycles. The first-order valence-electron chi connectivity index (χ1n) is 7.44. The van der Waals surface area contributed by atoms with Gasteiger partial charge in [-0.1, -0.05) is 0 Å². The lowest BCUT2D eigenvalue weighted by molar-refractivity contribution is 0.434. The SMILES string of the molecule is Cc1ccc(-n2c(C3CCCNC3)nc3cccnc32)o1. The highest BCUT2D eigenvalue weighted by Crippen LogP contribution is 2.29. The number of furan rings is 1. The summed E-state index contributed by atoms with van der Waals surface area (Å²) in [5.41, 5.74) is 1.79. The third-order valence-electron chi connectivity index (χ3n) is 4.05.